The number of rotatable bonds is 4. The molecular weight excluding hydrogens is 344 g/mol. The summed E-state index contributed by atoms with van der Waals surface area (Å²) >= 11 is 0. The number of nitrogens with zero attached hydrogens (tertiary/aromatic N) is 2. The maximum Gasteiger partial charge on any atom is 0.334 e. The summed E-state index contributed by atoms with van der Waals surface area (Å²) in [5.41, 5.74) is 1.76. The van der Waals surface area contributed by atoms with E-state index in [2.05, 4.69) is 11.8 Å². The zero-order chi connectivity index (χ0) is 19.2. The zero-order valence-corrected chi connectivity index (χ0v) is 15.8. The van der Waals surface area contributed by atoms with Crippen molar-refractivity contribution in [3.05, 3.63) is 41.7 Å². The summed E-state index contributed by atoms with van der Waals surface area (Å²) in [7, 11) is 1.48. The number of aliphatic carboxylic acids is 1. The van der Waals surface area contributed by atoms with Crippen LogP contribution in [0.4, 0.5) is 5.69 Å². The van der Waals surface area contributed by atoms with Gasteiger partial charge in [0, 0.05) is 18.7 Å². The van der Waals surface area contributed by atoms with E-state index in [4.69, 9.17) is 9.73 Å². The van der Waals surface area contributed by atoms with Crippen molar-refractivity contribution in [2.75, 3.05) is 20.2 Å². The number of carboxylic acids is 1. The molecule has 144 valence electrons. The number of piperidine rings is 2. The van der Waals surface area contributed by atoms with Crippen LogP contribution in [0.5, 0.6) is 0 Å². The number of benzene rings is 1. The van der Waals surface area contributed by atoms with Crippen LogP contribution in [0.25, 0.3) is 0 Å². The molecule has 0 unspecified atom stereocenters. The molecule has 2 fully saturated rings. The van der Waals surface area contributed by atoms with E-state index in [1.165, 1.54) is 13.4 Å². The van der Waals surface area contributed by atoms with Crippen molar-refractivity contribution < 1.29 is 19.7 Å². The minimum Gasteiger partial charge on any atom is -0.504 e. The predicted octanol–water partition coefficient (Wildman–Crippen LogP) is 2.70. The van der Waals surface area contributed by atoms with E-state index in [1.54, 1.807) is 0 Å². The molecule has 0 radical (unpaired) electrons. The van der Waals surface area contributed by atoms with Gasteiger partial charge in [-0.2, -0.15) is 0 Å². The molecule has 0 saturated carbocycles. The van der Waals surface area contributed by atoms with Gasteiger partial charge in [-0.1, -0.05) is 31.5 Å². The molecule has 4 rings (SSSR count). The van der Waals surface area contributed by atoms with E-state index in [0.717, 1.165) is 36.5 Å². The fourth-order valence-corrected chi connectivity index (χ4v) is 5.09. The average molecular weight is 370 g/mol. The van der Waals surface area contributed by atoms with Gasteiger partial charge in [-0.05, 0) is 30.7 Å². The molecule has 3 aliphatic heterocycles. The monoisotopic (exact) mass is 370 g/mol. The Balaban J connectivity index is 1.71. The van der Waals surface area contributed by atoms with E-state index in [1.807, 2.05) is 24.3 Å². The Hall–Kier alpha value is -2.18. The van der Waals surface area contributed by atoms with E-state index in [0.29, 0.717) is 18.4 Å². The third-order valence-electron chi connectivity index (χ3n) is 6.46. The highest BCUT2D eigenvalue weighted by molar-refractivity contribution is 6.04. The Labute approximate surface area is 159 Å². The molecule has 0 amide bonds. The lowest BCUT2D eigenvalue weighted by Crippen LogP contribution is -2.60. The van der Waals surface area contributed by atoms with Gasteiger partial charge < -0.3 is 14.9 Å². The van der Waals surface area contributed by atoms with Crippen LogP contribution >= 0.6 is 0 Å². The summed E-state index contributed by atoms with van der Waals surface area (Å²) in [5.74, 6) is -0.812. The van der Waals surface area contributed by atoms with Gasteiger partial charge in [0.2, 0.25) is 0 Å². The SMILES string of the molecule is CC[C@@H]1CN2CC[C@@]3(O)C(=Nc4ccccc43)[C@@H]2C[C@@H]1/C(=C\OC)C(=O)O. The Bertz CT molecular complexity index is 818. The van der Waals surface area contributed by atoms with Gasteiger partial charge in [-0.25, -0.2) is 4.79 Å². The summed E-state index contributed by atoms with van der Waals surface area (Å²) < 4.78 is 5.07. The first-order valence-corrected chi connectivity index (χ1v) is 9.60. The van der Waals surface area contributed by atoms with Crippen molar-refractivity contribution in [3.63, 3.8) is 0 Å². The van der Waals surface area contributed by atoms with E-state index in [9.17, 15) is 15.0 Å². The van der Waals surface area contributed by atoms with Gasteiger partial charge in [0.25, 0.3) is 0 Å². The van der Waals surface area contributed by atoms with E-state index in [-0.39, 0.29) is 17.9 Å². The van der Waals surface area contributed by atoms with Gasteiger partial charge in [-0.3, -0.25) is 9.89 Å². The maximum atomic E-state index is 11.8. The number of hydrogen-bond acceptors (Lipinski definition) is 5. The Morgan fingerprint density at radius 2 is 2.22 bits per heavy atom. The second-order valence-electron chi connectivity index (χ2n) is 7.76. The number of hydrogen-bond donors (Lipinski definition) is 2. The summed E-state index contributed by atoms with van der Waals surface area (Å²) in [6, 6.07) is 7.70. The van der Waals surface area contributed by atoms with Crippen LogP contribution in [0.15, 0.2) is 41.1 Å². The molecule has 2 N–H and O–H groups in total. The summed E-state index contributed by atoms with van der Waals surface area (Å²) in [5, 5.41) is 21.2. The van der Waals surface area contributed by atoms with Crippen LogP contribution in [0.3, 0.4) is 0 Å². The standard InChI is InChI=1S/C21H26N2O4/c1-3-13-11-23-9-8-21(26)16-6-4-5-7-17(16)22-19(21)18(23)10-14(13)15(12-27-2)20(24)25/h4-7,12-14,18,26H,3,8-11H2,1-2H3,(H,24,25)/b15-12+/t13-,14+,18+,21+/m1/s1. The molecule has 1 aromatic carbocycles. The van der Waals surface area contributed by atoms with Crippen LogP contribution in [0.1, 0.15) is 31.7 Å². The molecule has 3 aliphatic rings. The molecule has 4 atom stereocenters. The molecule has 6 heteroatoms. The third kappa shape index (κ3) is 2.78. The van der Waals surface area contributed by atoms with E-state index >= 15 is 0 Å². The molecule has 1 aromatic rings. The number of methoxy groups -OCH3 is 1. The van der Waals surface area contributed by atoms with Crippen molar-refractivity contribution in [1.29, 1.82) is 0 Å². The smallest absolute Gasteiger partial charge is 0.334 e. The Kier molecular flexibility index (Phi) is 4.56. The molecule has 3 heterocycles. The number of para-hydroxylation sites is 1. The number of fused-ring (bicyclic) bond motifs is 5. The number of carboxylic acid groups (broad SMARTS) is 1. The Morgan fingerprint density at radius 3 is 2.93 bits per heavy atom. The molecule has 0 bridgehead atoms. The van der Waals surface area contributed by atoms with E-state index < -0.39 is 11.6 Å². The van der Waals surface area contributed by atoms with Crippen LogP contribution < -0.4 is 0 Å². The molecule has 0 aliphatic carbocycles. The lowest BCUT2D eigenvalue weighted by Gasteiger charge is -2.50. The summed E-state index contributed by atoms with van der Waals surface area (Å²) in [6.07, 6.45) is 3.53. The van der Waals surface area contributed by atoms with Crippen LogP contribution in [0.2, 0.25) is 0 Å². The first kappa shape index (κ1) is 18.2. The van der Waals surface area contributed by atoms with Gasteiger partial charge >= 0.3 is 5.97 Å². The van der Waals surface area contributed by atoms with Crippen LogP contribution in [-0.4, -0.2) is 53.0 Å². The third-order valence-corrected chi connectivity index (χ3v) is 6.46. The summed E-state index contributed by atoms with van der Waals surface area (Å²) in [6.45, 7) is 3.70. The van der Waals surface area contributed by atoms with Gasteiger partial charge in [0.05, 0.1) is 36.4 Å². The molecule has 2 saturated heterocycles. The highest BCUT2D eigenvalue weighted by Gasteiger charge is 2.53. The zero-order valence-electron chi connectivity index (χ0n) is 15.8. The van der Waals surface area contributed by atoms with Crippen molar-refractivity contribution >= 4 is 17.4 Å². The molecule has 0 spiro atoms. The average Bonchev–Trinajstić information content (AvgIpc) is 2.98. The Morgan fingerprint density at radius 1 is 1.44 bits per heavy atom. The molecule has 0 aromatic heterocycles. The quantitative estimate of drug-likeness (QED) is 0.629. The minimum atomic E-state index is -1.03. The predicted molar refractivity (Wildman–Crippen MR) is 102 cm³/mol. The van der Waals surface area contributed by atoms with Crippen molar-refractivity contribution in [1.82, 2.24) is 4.90 Å². The fourth-order valence-electron chi connectivity index (χ4n) is 5.09. The molecule has 6 nitrogen and oxygen atoms in total. The number of ether oxygens (including phenoxy) is 1. The van der Waals surface area contributed by atoms with Crippen molar-refractivity contribution in [2.45, 2.75) is 37.8 Å². The van der Waals surface area contributed by atoms with Gasteiger partial charge in [-0.15, -0.1) is 0 Å². The largest absolute Gasteiger partial charge is 0.504 e. The maximum absolute atomic E-state index is 11.8. The highest BCUT2D eigenvalue weighted by Crippen LogP contribution is 2.48. The van der Waals surface area contributed by atoms with Gasteiger partial charge in [0.15, 0.2) is 0 Å². The van der Waals surface area contributed by atoms with Crippen LogP contribution in [-0.2, 0) is 15.1 Å². The van der Waals surface area contributed by atoms with Crippen molar-refractivity contribution in [2.24, 2.45) is 16.8 Å². The van der Waals surface area contributed by atoms with Crippen molar-refractivity contribution in [3.8, 4) is 0 Å². The fraction of sp³-hybridized carbons (Fsp3) is 0.524. The number of aliphatic imine (C=N–C) groups is 1. The normalized spacial score (nSPS) is 32.9. The first-order chi connectivity index (χ1) is 13.0. The van der Waals surface area contributed by atoms with Crippen LogP contribution in [0, 0.1) is 11.8 Å². The van der Waals surface area contributed by atoms with Gasteiger partial charge in [0.1, 0.15) is 5.60 Å². The second kappa shape index (κ2) is 6.77. The lowest BCUT2D eigenvalue weighted by molar-refractivity contribution is -0.134. The number of carbonyl (C=O) groups is 1. The molecule has 27 heavy (non-hydrogen) atoms. The highest BCUT2D eigenvalue weighted by atomic mass is 16.5. The minimum absolute atomic E-state index is 0.0523. The topological polar surface area (TPSA) is 82.4 Å². The second-order valence-corrected chi connectivity index (χ2v) is 7.76. The summed E-state index contributed by atoms with van der Waals surface area (Å²) in [4.78, 5) is 19.0. The number of aliphatic hydroxyl groups is 1. The molecular formula is C21H26N2O4. The first-order valence-electron chi connectivity index (χ1n) is 9.60. The lowest BCUT2D eigenvalue weighted by atomic mass is 9.70.